The normalized spacial score (nSPS) is 10.0. The average Bonchev–Trinajstić information content (AvgIpc) is 2.19. The summed E-state index contributed by atoms with van der Waals surface area (Å²) in [4.78, 5) is 14.5. The molecule has 1 radical (unpaired) electrons. The lowest BCUT2D eigenvalue weighted by Gasteiger charge is -2.13. The summed E-state index contributed by atoms with van der Waals surface area (Å²) in [5, 5.41) is 0.317. The van der Waals surface area contributed by atoms with Crippen LogP contribution in [-0.4, -0.2) is 13.5 Å². The molecule has 1 rings (SSSR count). The van der Waals surface area contributed by atoms with Gasteiger partial charge in [0.25, 0.3) is 0 Å². The van der Waals surface area contributed by atoms with Gasteiger partial charge in [0.05, 0.1) is 7.11 Å². The Kier molecular flexibility index (Phi) is 3.08. The Bertz CT molecular complexity index is 357. The van der Waals surface area contributed by atoms with E-state index in [4.69, 9.17) is 0 Å². The fraction of sp³-hybridized carbons (Fsp3) is 0.125. The first-order chi connectivity index (χ1) is 6.61. The first-order valence-electron chi connectivity index (χ1n) is 3.47. The molecule has 14 heavy (non-hydrogen) atoms. The zero-order valence-electron chi connectivity index (χ0n) is 7.05. The number of anilines is 1. The van der Waals surface area contributed by atoms with Crippen LogP contribution in [0.5, 0.6) is 0 Å². The van der Waals surface area contributed by atoms with E-state index in [2.05, 4.69) is 4.84 Å². The van der Waals surface area contributed by atoms with Crippen molar-refractivity contribution >= 4 is 12.1 Å². The van der Waals surface area contributed by atoms with Crippen LogP contribution in [0.2, 0.25) is 0 Å². The SMILES string of the molecule is CON([C]=O)c1ccc(F)c(F)c1F. The Morgan fingerprint density at radius 1 is 1.29 bits per heavy atom. The number of benzene rings is 1. The zero-order valence-corrected chi connectivity index (χ0v) is 7.05. The Morgan fingerprint density at radius 3 is 2.43 bits per heavy atom. The Labute approximate surface area is 77.6 Å². The molecule has 0 spiro atoms. The van der Waals surface area contributed by atoms with Crippen molar-refractivity contribution in [2.45, 2.75) is 0 Å². The second kappa shape index (κ2) is 4.10. The van der Waals surface area contributed by atoms with Crippen LogP contribution in [0.4, 0.5) is 18.9 Å². The van der Waals surface area contributed by atoms with Crippen LogP contribution in [0.1, 0.15) is 0 Å². The summed E-state index contributed by atoms with van der Waals surface area (Å²) >= 11 is 0. The molecule has 0 aromatic heterocycles. The van der Waals surface area contributed by atoms with Crippen molar-refractivity contribution < 1.29 is 22.8 Å². The molecule has 0 saturated heterocycles. The van der Waals surface area contributed by atoms with Gasteiger partial charge in [0.1, 0.15) is 5.69 Å². The maximum absolute atomic E-state index is 13.0. The van der Waals surface area contributed by atoms with Gasteiger partial charge < -0.3 is 0 Å². The smallest absolute Gasteiger partial charge is 0.269 e. The molecular formula is C8H5F3NO2. The number of carbonyl (C=O) groups excluding carboxylic acids is 1. The summed E-state index contributed by atoms with van der Waals surface area (Å²) in [5.74, 6) is -4.51. The van der Waals surface area contributed by atoms with Gasteiger partial charge in [0.2, 0.25) is 0 Å². The summed E-state index contributed by atoms with van der Waals surface area (Å²) in [5.41, 5.74) is -0.540. The predicted molar refractivity (Wildman–Crippen MR) is 41.5 cm³/mol. The van der Waals surface area contributed by atoms with E-state index in [1.807, 2.05) is 0 Å². The van der Waals surface area contributed by atoms with Crippen molar-refractivity contribution in [3.8, 4) is 0 Å². The third-order valence-corrected chi connectivity index (χ3v) is 1.50. The van der Waals surface area contributed by atoms with Crippen LogP contribution < -0.4 is 5.06 Å². The average molecular weight is 204 g/mol. The minimum Gasteiger partial charge on any atom is -0.269 e. The Hall–Kier alpha value is -1.56. The van der Waals surface area contributed by atoms with Crippen molar-refractivity contribution in [3.05, 3.63) is 29.6 Å². The highest BCUT2D eigenvalue weighted by Gasteiger charge is 2.18. The number of amides is 1. The molecule has 75 valence electrons. The molecule has 3 nitrogen and oxygen atoms in total. The van der Waals surface area contributed by atoms with Crippen LogP contribution in [0.15, 0.2) is 12.1 Å². The molecular weight excluding hydrogens is 199 g/mol. The second-order valence-electron chi connectivity index (χ2n) is 2.26. The first kappa shape index (κ1) is 10.5. The van der Waals surface area contributed by atoms with Crippen LogP contribution >= 0.6 is 0 Å². The van der Waals surface area contributed by atoms with E-state index in [1.165, 1.54) is 6.41 Å². The highest BCUT2D eigenvalue weighted by Crippen LogP contribution is 2.22. The maximum atomic E-state index is 13.0. The Balaban J connectivity index is 3.22. The van der Waals surface area contributed by atoms with Gasteiger partial charge in [-0.3, -0.25) is 9.63 Å². The second-order valence-corrected chi connectivity index (χ2v) is 2.26. The topological polar surface area (TPSA) is 29.5 Å². The number of halogens is 3. The van der Waals surface area contributed by atoms with Gasteiger partial charge in [0.15, 0.2) is 17.5 Å². The van der Waals surface area contributed by atoms with Gasteiger partial charge in [-0.15, -0.1) is 0 Å². The summed E-state index contributed by atoms with van der Waals surface area (Å²) in [6.45, 7) is 0. The van der Waals surface area contributed by atoms with Crippen molar-refractivity contribution in [1.82, 2.24) is 0 Å². The summed E-state index contributed by atoms with van der Waals surface area (Å²) in [6, 6.07) is 1.54. The number of rotatable bonds is 3. The lowest BCUT2D eigenvalue weighted by atomic mass is 10.3. The molecule has 0 heterocycles. The maximum Gasteiger partial charge on any atom is 0.343 e. The standard InChI is InChI=1S/C8H5F3NO2/c1-14-12(4-13)6-3-2-5(9)7(10)8(6)11/h2-3H,1H3. The fourth-order valence-corrected chi connectivity index (χ4v) is 0.857. The van der Waals surface area contributed by atoms with Gasteiger partial charge in [-0.05, 0) is 12.1 Å². The molecule has 0 fully saturated rings. The highest BCUT2D eigenvalue weighted by molar-refractivity contribution is 5.72. The quantitative estimate of drug-likeness (QED) is 0.424. The van der Waals surface area contributed by atoms with Crippen molar-refractivity contribution in [1.29, 1.82) is 0 Å². The van der Waals surface area contributed by atoms with Gasteiger partial charge in [-0.2, -0.15) is 5.06 Å². The summed E-state index contributed by atoms with van der Waals surface area (Å²) < 4.78 is 38.1. The minimum absolute atomic E-state index is 0.317. The van der Waals surface area contributed by atoms with Crippen molar-refractivity contribution in [2.24, 2.45) is 0 Å². The van der Waals surface area contributed by atoms with Crippen LogP contribution in [0.25, 0.3) is 0 Å². The van der Waals surface area contributed by atoms with Crippen LogP contribution in [0.3, 0.4) is 0 Å². The number of nitrogens with zero attached hydrogens (tertiary/aromatic N) is 1. The largest absolute Gasteiger partial charge is 0.343 e. The minimum atomic E-state index is -1.67. The van der Waals surface area contributed by atoms with E-state index in [9.17, 15) is 18.0 Å². The molecule has 1 aromatic rings. The van der Waals surface area contributed by atoms with Gasteiger partial charge in [0, 0.05) is 0 Å². The molecule has 0 bridgehead atoms. The third kappa shape index (κ3) is 1.69. The van der Waals surface area contributed by atoms with Crippen LogP contribution in [0, 0.1) is 17.5 Å². The molecule has 0 unspecified atom stereocenters. The molecule has 0 N–H and O–H groups in total. The first-order valence-corrected chi connectivity index (χ1v) is 3.47. The molecule has 0 saturated carbocycles. The number of hydrogen-bond donors (Lipinski definition) is 0. The molecule has 1 amide bonds. The predicted octanol–water partition coefficient (Wildman–Crippen LogP) is 1.54. The molecule has 1 aromatic carbocycles. The van der Waals surface area contributed by atoms with Crippen LogP contribution in [-0.2, 0) is 9.63 Å². The summed E-state index contributed by atoms with van der Waals surface area (Å²) in [6.07, 6.45) is 1.19. The molecule has 0 aliphatic rings. The Morgan fingerprint density at radius 2 is 1.93 bits per heavy atom. The van der Waals surface area contributed by atoms with Crippen molar-refractivity contribution in [3.63, 3.8) is 0 Å². The number of hydrogen-bond acceptors (Lipinski definition) is 2. The fourth-order valence-electron chi connectivity index (χ4n) is 0.857. The molecule has 6 heteroatoms. The lowest BCUT2D eigenvalue weighted by Crippen LogP contribution is -2.20. The third-order valence-electron chi connectivity index (χ3n) is 1.50. The van der Waals surface area contributed by atoms with E-state index in [-0.39, 0.29) is 0 Å². The summed E-state index contributed by atoms with van der Waals surface area (Å²) in [7, 11) is 1.06. The lowest BCUT2D eigenvalue weighted by molar-refractivity contribution is 0.203. The highest BCUT2D eigenvalue weighted by atomic mass is 19.2. The zero-order chi connectivity index (χ0) is 10.7. The van der Waals surface area contributed by atoms with Gasteiger partial charge in [-0.1, -0.05) is 0 Å². The monoisotopic (exact) mass is 204 g/mol. The van der Waals surface area contributed by atoms with E-state index in [1.54, 1.807) is 0 Å². The van der Waals surface area contributed by atoms with E-state index < -0.39 is 23.1 Å². The van der Waals surface area contributed by atoms with E-state index in [0.29, 0.717) is 11.1 Å². The van der Waals surface area contributed by atoms with Crippen molar-refractivity contribution in [2.75, 3.05) is 12.2 Å². The molecule has 0 atom stereocenters. The van der Waals surface area contributed by atoms with Gasteiger partial charge >= 0.3 is 6.41 Å². The molecule has 0 aliphatic carbocycles. The van der Waals surface area contributed by atoms with E-state index in [0.717, 1.165) is 13.2 Å². The van der Waals surface area contributed by atoms with Gasteiger partial charge in [-0.25, -0.2) is 13.2 Å². The number of hydroxylamine groups is 1. The molecule has 0 aliphatic heterocycles. The van der Waals surface area contributed by atoms with E-state index >= 15 is 0 Å².